The molecule has 38 heavy (non-hydrogen) atoms. The van der Waals surface area contributed by atoms with E-state index in [-0.39, 0.29) is 26.0 Å². The molecule has 2 amide bonds. The standard InChI is InChI=1S/C27H34Cl2F2N2O5/c1-3-37-24(25(34)35)17-19-7-10-21(11-8-19)38-16-15-33(14-6-4-5-13-27(2,30)31)26(36)32-23-12-9-20(28)18-22(23)29/h7-12,18,24H,3-6,13-17H2,1-2H3,(H,32,36)(H,34,35). The van der Waals surface area contributed by atoms with E-state index in [0.29, 0.717) is 53.9 Å². The third kappa shape index (κ3) is 11.8. The molecule has 0 radical (unpaired) electrons. The summed E-state index contributed by atoms with van der Waals surface area (Å²) in [5.41, 5.74) is 1.19. The van der Waals surface area contributed by atoms with Crippen molar-refractivity contribution < 1.29 is 33.0 Å². The van der Waals surface area contributed by atoms with Gasteiger partial charge in [0, 0.05) is 31.0 Å². The van der Waals surface area contributed by atoms with Crippen molar-refractivity contribution in [1.82, 2.24) is 4.90 Å². The molecule has 1 unspecified atom stereocenters. The van der Waals surface area contributed by atoms with Gasteiger partial charge in [-0.05, 0) is 62.6 Å². The number of nitrogens with zero attached hydrogens (tertiary/aromatic N) is 1. The number of carbonyl (C=O) groups excluding carboxylic acids is 1. The van der Waals surface area contributed by atoms with Gasteiger partial charge in [-0.3, -0.25) is 0 Å². The van der Waals surface area contributed by atoms with Crippen LogP contribution in [0.25, 0.3) is 0 Å². The molecule has 0 aliphatic rings. The molecule has 2 aromatic carbocycles. The summed E-state index contributed by atoms with van der Waals surface area (Å²) in [4.78, 5) is 25.8. The lowest BCUT2D eigenvalue weighted by Gasteiger charge is -2.24. The smallest absolute Gasteiger partial charge is 0.333 e. The maximum atomic E-state index is 13.1. The molecule has 2 N–H and O–H groups in total. The number of benzene rings is 2. The molecule has 2 aromatic rings. The van der Waals surface area contributed by atoms with Crippen molar-refractivity contribution in [3.63, 3.8) is 0 Å². The highest BCUT2D eigenvalue weighted by Crippen LogP contribution is 2.26. The number of carbonyl (C=O) groups is 2. The largest absolute Gasteiger partial charge is 0.492 e. The number of hydrogen-bond acceptors (Lipinski definition) is 4. The quantitative estimate of drug-likeness (QED) is 0.208. The summed E-state index contributed by atoms with van der Waals surface area (Å²) >= 11 is 12.1. The van der Waals surface area contributed by atoms with Crippen LogP contribution in [-0.4, -0.2) is 60.3 Å². The van der Waals surface area contributed by atoms with Crippen LogP contribution in [-0.2, 0) is 16.0 Å². The average Bonchev–Trinajstić information content (AvgIpc) is 2.84. The van der Waals surface area contributed by atoms with Crippen LogP contribution in [0.4, 0.5) is 19.3 Å². The normalized spacial score (nSPS) is 12.2. The predicted octanol–water partition coefficient (Wildman–Crippen LogP) is 7.15. The summed E-state index contributed by atoms with van der Waals surface area (Å²) in [6.45, 7) is 3.72. The number of hydrogen-bond donors (Lipinski definition) is 2. The summed E-state index contributed by atoms with van der Waals surface area (Å²) < 4.78 is 37.2. The zero-order valence-corrected chi connectivity index (χ0v) is 23.0. The van der Waals surface area contributed by atoms with Crippen molar-refractivity contribution in [1.29, 1.82) is 0 Å². The molecule has 2 rings (SSSR count). The first-order valence-corrected chi connectivity index (χ1v) is 13.2. The van der Waals surface area contributed by atoms with Gasteiger partial charge >= 0.3 is 12.0 Å². The molecule has 0 bridgehead atoms. The minimum absolute atomic E-state index is 0.185. The van der Waals surface area contributed by atoms with Crippen molar-refractivity contribution in [3.8, 4) is 5.75 Å². The molecule has 1 atom stereocenters. The van der Waals surface area contributed by atoms with E-state index in [9.17, 15) is 23.5 Å². The first-order valence-electron chi connectivity index (χ1n) is 12.4. The molecule has 0 saturated heterocycles. The molecule has 0 spiro atoms. The van der Waals surface area contributed by atoms with Crippen LogP contribution >= 0.6 is 23.2 Å². The fraction of sp³-hybridized carbons (Fsp3) is 0.481. The zero-order chi connectivity index (χ0) is 28.1. The van der Waals surface area contributed by atoms with E-state index in [2.05, 4.69) is 5.32 Å². The Morgan fingerprint density at radius 3 is 2.39 bits per heavy atom. The van der Waals surface area contributed by atoms with Crippen LogP contribution in [0.1, 0.15) is 45.1 Å². The highest BCUT2D eigenvalue weighted by atomic mass is 35.5. The molecule has 7 nitrogen and oxygen atoms in total. The van der Waals surface area contributed by atoms with Crippen molar-refractivity contribution in [2.75, 3.05) is 31.6 Å². The number of anilines is 1. The number of nitrogens with one attached hydrogen (secondary N) is 1. The second-order valence-electron chi connectivity index (χ2n) is 8.90. The number of ether oxygens (including phenoxy) is 2. The Balaban J connectivity index is 1.94. The highest BCUT2D eigenvalue weighted by molar-refractivity contribution is 6.36. The van der Waals surface area contributed by atoms with Crippen molar-refractivity contribution in [2.24, 2.45) is 0 Å². The van der Waals surface area contributed by atoms with Gasteiger partial charge in [0.15, 0.2) is 6.10 Å². The summed E-state index contributed by atoms with van der Waals surface area (Å²) in [6, 6.07) is 11.3. The molecule has 210 valence electrons. The summed E-state index contributed by atoms with van der Waals surface area (Å²) in [5.74, 6) is -3.17. The van der Waals surface area contributed by atoms with E-state index >= 15 is 0 Å². The molecular formula is C27H34Cl2F2N2O5. The van der Waals surface area contributed by atoms with Crippen molar-refractivity contribution >= 4 is 40.9 Å². The van der Waals surface area contributed by atoms with Crippen LogP contribution < -0.4 is 10.1 Å². The molecule has 0 fully saturated rings. The Hall–Kier alpha value is -2.62. The fourth-order valence-corrected chi connectivity index (χ4v) is 4.10. The minimum atomic E-state index is -2.71. The minimum Gasteiger partial charge on any atom is -0.492 e. The SMILES string of the molecule is CCOC(Cc1ccc(OCCN(CCCCCC(C)(F)F)C(=O)Nc2ccc(Cl)cc2Cl)cc1)C(=O)O. The summed E-state index contributed by atoms with van der Waals surface area (Å²) in [7, 11) is 0. The summed E-state index contributed by atoms with van der Waals surface area (Å²) in [6.07, 6.45) is 0.576. The van der Waals surface area contributed by atoms with Crippen LogP contribution in [0, 0.1) is 0 Å². The summed E-state index contributed by atoms with van der Waals surface area (Å²) in [5, 5.41) is 12.7. The number of urea groups is 1. The number of halogens is 4. The third-order valence-electron chi connectivity index (χ3n) is 5.62. The fourth-order valence-electron chi connectivity index (χ4n) is 3.64. The Morgan fingerprint density at radius 1 is 1.08 bits per heavy atom. The van der Waals surface area contributed by atoms with Crippen LogP contribution in [0.3, 0.4) is 0 Å². The zero-order valence-electron chi connectivity index (χ0n) is 21.5. The van der Waals surface area contributed by atoms with Gasteiger partial charge < -0.3 is 24.8 Å². The van der Waals surface area contributed by atoms with E-state index in [1.165, 1.54) is 6.07 Å². The van der Waals surface area contributed by atoms with E-state index < -0.39 is 24.0 Å². The maximum Gasteiger partial charge on any atom is 0.333 e. The Morgan fingerprint density at radius 2 is 1.79 bits per heavy atom. The van der Waals surface area contributed by atoms with Crippen molar-refractivity contribution in [3.05, 3.63) is 58.1 Å². The van der Waals surface area contributed by atoms with Gasteiger partial charge in [-0.2, -0.15) is 0 Å². The highest BCUT2D eigenvalue weighted by Gasteiger charge is 2.21. The first-order chi connectivity index (χ1) is 18.0. The number of amides is 2. The number of rotatable bonds is 16. The van der Waals surface area contributed by atoms with E-state index in [4.69, 9.17) is 32.7 Å². The third-order valence-corrected chi connectivity index (χ3v) is 6.17. The molecule has 0 aliphatic heterocycles. The van der Waals surface area contributed by atoms with Gasteiger partial charge in [-0.15, -0.1) is 0 Å². The Labute approximate surface area is 232 Å². The van der Waals surface area contributed by atoms with Crippen LogP contribution in [0.5, 0.6) is 5.75 Å². The second kappa shape index (κ2) is 15.7. The lowest BCUT2D eigenvalue weighted by Crippen LogP contribution is -2.38. The molecular weight excluding hydrogens is 541 g/mol. The van der Waals surface area contributed by atoms with Gasteiger partial charge in [0.05, 0.1) is 17.3 Å². The lowest BCUT2D eigenvalue weighted by molar-refractivity contribution is -0.149. The number of alkyl halides is 2. The topological polar surface area (TPSA) is 88.1 Å². The number of unbranched alkanes of at least 4 members (excludes halogenated alkanes) is 2. The lowest BCUT2D eigenvalue weighted by atomic mass is 10.1. The predicted molar refractivity (Wildman–Crippen MR) is 145 cm³/mol. The second-order valence-corrected chi connectivity index (χ2v) is 9.74. The number of aliphatic carboxylic acids is 1. The number of carboxylic acid groups (broad SMARTS) is 1. The van der Waals surface area contributed by atoms with Gasteiger partial charge in [0.2, 0.25) is 5.92 Å². The Bertz CT molecular complexity index is 1040. The van der Waals surface area contributed by atoms with Crippen molar-refractivity contribution in [2.45, 2.75) is 58.0 Å². The van der Waals surface area contributed by atoms with Gasteiger partial charge in [-0.25, -0.2) is 18.4 Å². The van der Waals surface area contributed by atoms with Gasteiger partial charge in [0.25, 0.3) is 0 Å². The number of carboxylic acids is 1. The average molecular weight is 575 g/mol. The monoisotopic (exact) mass is 574 g/mol. The van der Waals surface area contributed by atoms with E-state index in [0.717, 1.165) is 12.5 Å². The molecule has 0 saturated carbocycles. The van der Waals surface area contributed by atoms with Crippen LogP contribution in [0.15, 0.2) is 42.5 Å². The molecule has 0 aromatic heterocycles. The molecule has 0 heterocycles. The van der Waals surface area contributed by atoms with E-state index in [1.807, 2.05) is 0 Å². The molecule has 0 aliphatic carbocycles. The van der Waals surface area contributed by atoms with Gasteiger partial charge in [-0.1, -0.05) is 41.8 Å². The first kappa shape index (κ1) is 31.6. The van der Waals surface area contributed by atoms with Gasteiger partial charge in [0.1, 0.15) is 12.4 Å². The molecule has 11 heteroatoms. The maximum absolute atomic E-state index is 13.1. The Kier molecular flexibility index (Phi) is 13.1. The van der Waals surface area contributed by atoms with Crippen LogP contribution in [0.2, 0.25) is 10.0 Å². The van der Waals surface area contributed by atoms with E-state index in [1.54, 1.807) is 48.2 Å².